The molecule has 120 valence electrons. The van der Waals surface area contributed by atoms with E-state index in [9.17, 15) is 9.59 Å². The Balaban J connectivity index is 2.07. The molecule has 0 aromatic heterocycles. The van der Waals surface area contributed by atoms with E-state index in [2.05, 4.69) is 20.8 Å². The van der Waals surface area contributed by atoms with E-state index < -0.39 is 5.97 Å². The highest BCUT2D eigenvalue weighted by Crippen LogP contribution is 2.25. The van der Waals surface area contributed by atoms with Gasteiger partial charge >= 0.3 is 5.97 Å². The summed E-state index contributed by atoms with van der Waals surface area (Å²) in [6.45, 7) is 6.38. The summed E-state index contributed by atoms with van der Waals surface area (Å²) in [5.41, 5.74) is 2.11. The molecule has 0 bridgehead atoms. The highest BCUT2D eigenvalue weighted by atomic mass is 32.2. The van der Waals surface area contributed by atoms with E-state index in [1.165, 1.54) is 17.3 Å². The van der Waals surface area contributed by atoms with Gasteiger partial charge in [-0.2, -0.15) is 0 Å². The summed E-state index contributed by atoms with van der Waals surface area (Å²) in [5.74, 6) is -0.759. The molecule has 0 heterocycles. The first-order valence-corrected chi connectivity index (χ1v) is 8.36. The summed E-state index contributed by atoms with van der Waals surface area (Å²) >= 11 is 1.26. The van der Waals surface area contributed by atoms with Crippen molar-refractivity contribution in [2.24, 2.45) is 0 Å². The van der Waals surface area contributed by atoms with E-state index >= 15 is 0 Å². The molecule has 0 spiro atoms. The number of ketones is 1. The van der Waals surface area contributed by atoms with Crippen molar-refractivity contribution < 1.29 is 14.7 Å². The fourth-order valence-electron chi connectivity index (χ4n) is 2.15. The zero-order chi connectivity index (χ0) is 17.0. The predicted molar refractivity (Wildman–Crippen MR) is 93.6 cm³/mol. The molecule has 1 N–H and O–H groups in total. The third kappa shape index (κ3) is 4.45. The maximum absolute atomic E-state index is 12.3. The molecule has 2 aromatic carbocycles. The standard InChI is InChI=1S/C19H20O3S/c1-19(2,3)14-10-8-13(9-11-14)16(20)12-23-17-7-5-4-6-15(17)18(21)22/h4-11H,12H2,1-3H3,(H,21,22). The molecule has 0 saturated heterocycles. The molecule has 0 radical (unpaired) electrons. The highest BCUT2D eigenvalue weighted by Gasteiger charge is 2.15. The monoisotopic (exact) mass is 328 g/mol. The number of Topliss-reactive ketones (excluding diaryl/α,β-unsaturated/α-hetero) is 1. The van der Waals surface area contributed by atoms with E-state index in [1.807, 2.05) is 24.3 Å². The van der Waals surface area contributed by atoms with Crippen LogP contribution < -0.4 is 0 Å². The fraction of sp³-hybridized carbons (Fsp3) is 0.263. The lowest BCUT2D eigenvalue weighted by atomic mass is 9.86. The van der Waals surface area contributed by atoms with Gasteiger partial charge in [-0.15, -0.1) is 11.8 Å². The Morgan fingerprint density at radius 3 is 2.17 bits per heavy atom. The van der Waals surface area contributed by atoms with Crippen LogP contribution in [0.4, 0.5) is 0 Å². The number of carboxylic acid groups (broad SMARTS) is 1. The highest BCUT2D eigenvalue weighted by molar-refractivity contribution is 8.00. The molecule has 0 amide bonds. The second kappa shape index (κ2) is 7.01. The van der Waals surface area contributed by atoms with Crippen LogP contribution in [-0.4, -0.2) is 22.6 Å². The van der Waals surface area contributed by atoms with Crippen LogP contribution in [0.25, 0.3) is 0 Å². The third-order valence-electron chi connectivity index (χ3n) is 3.55. The van der Waals surface area contributed by atoms with Crippen LogP contribution in [0.1, 0.15) is 47.1 Å². The van der Waals surface area contributed by atoms with Gasteiger partial charge in [-0.25, -0.2) is 4.79 Å². The maximum atomic E-state index is 12.3. The Hall–Kier alpha value is -2.07. The van der Waals surface area contributed by atoms with Crippen LogP contribution in [0.2, 0.25) is 0 Å². The quantitative estimate of drug-likeness (QED) is 0.641. The van der Waals surface area contributed by atoms with Crippen molar-refractivity contribution in [2.75, 3.05) is 5.75 Å². The SMILES string of the molecule is CC(C)(C)c1ccc(C(=O)CSc2ccccc2C(=O)O)cc1. The number of carbonyl (C=O) groups excluding carboxylic acids is 1. The Morgan fingerprint density at radius 1 is 1.00 bits per heavy atom. The molecule has 0 saturated carbocycles. The van der Waals surface area contributed by atoms with Crippen LogP contribution in [0, 0.1) is 0 Å². The van der Waals surface area contributed by atoms with E-state index in [-0.39, 0.29) is 22.5 Å². The fourth-order valence-corrected chi connectivity index (χ4v) is 3.09. The molecule has 2 aromatic rings. The second-order valence-electron chi connectivity index (χ2n) is 6.34. The zero-order valence-electron chi connectivity index (χ0n) is 13.5. The Bertz CT molecular complexity index is 712. The van der Waals surface area contributed by atoms with Crippen LogP contribution in [-0.2, 0) is 5.41 Å². The summed E-state index contributed by atoms with van der Waals surface area (Å²) in [6, 6.07) is 14.4. The molecule has 0 fully saturated rings. The maximum Gasteiger partial charge on any atom is 0.336 e. The molecule has 0 aliphatic carbocycles. The van der Waals surface area contributed by atoms with E-state index in [0.29, 0.717) is 10.5 Å². The average molecular weight is 328 g/mol. The number of carboxylic acids is 1. The Kier molecular flexibility index (Phi) is 5.26. The molecule has 2 rings (SSSR count). The Labute approximate surface area is 140 Å². The van der Waals surface area contributed by atoms with Crippen molar-refractivity contribution in [3.8, 4) is 0 Å². The normalized spacial score (nSPS) is 11.3. The average Bonchev–Trinajstić information content (AvgIpc) is 2.52. The van der Waals surface area contributed by atoms with Crippen LogP contribution in [0.15, 0.2) is 53.4 Å². The van der Waals surface area contributed by atoms with Gasteiger partial charge < -0.3 is 5.11 Å². The second-order valence-corrected chi connectivity index (χ2v) is 7.36. The van der Waals surface area contributed by atoms with Gasteiger partial charge in [-0.05, 0) is 23.1 Å². The summed E-state index contributed by atoms with van der Waals surface area (Å²) in [7, 11) is 0. The van der Waals surface area contributed by atoms with Crippen molar-refractivity contribution in [1.29, 1.82) is 0 Å². The number of rotatable bonds is 5. The minimum atomic E-state index is -0.977. The molecule has 4 heteroatoms. The molecular weight excluding hydrogens is 308 g/mol. The van der Waals surface area contributed by atoms with Gasteiger partial charge in [0.25, 0.3) is 0 Å². The van der Waals surface area contributed by atoms with E-state index in [4.69, 9.17) is 5.11 Å². The van der Waals surface area contributed by atoms with Crippen molar-refractivity contribution in [1.82, 2.24) is 0 Å². The van der Waals surface area contributed by atoms with Gasteiger partial charge in [0, 0.05) is 10.5 Å². The van der Waals surface area contributed by atoms with Gasteiger partial charge in [-0.3, -0.25) is 4.79 Å². The number of thioether (sulfide) groups is 1. The first-order chi connectivity index (χ1) is 10.8. The largest absolute Gasteiger partial charge is 0.478 e. The van der Waals surface area contributed by atoms with Crippen molar-refractivity contribution >= 4 is 23.5 Å². The lowest BCUT2D eigenvalue weighted by Crippen LogP contribution is -2.11. The summed E-state index contributed by atoms with van der Waals surface area (Å²) in [6.07, 6.45) is 0. The van der Waals surface area contributed by atoms with Gasteiger partial charge in [0.15, 0.2) is 5.78 Å². The van der Waals surface area contributed by atoms with E-state index in [0.717, 1.165) is 0 Å². The van der Waals surface area contributed by atoms with Crippen LogP contribution in [0.5, 0.6) is 0 Å². The lowest BCUT2D eigenvalue weighted by Gasteiger charge is -2.19. The zero-order valence-corrected chi connectivity index (χ0v) is 14.3. The molecule has 0 atom stereocenters. The Morgan fingerprint density at radius 2 is 1.61 bits per heavy atom. The molecule has 23 heavy (non-hydrogen) atoms. The smallest absolute Gasteiger partial charge is 0.336 e. The summed E-state index contributed by atoms with van der Waals surface area (Å²) < 4.78 is 0. The number of aromatic carboxylic acids is 1. The van der Waals surface area contributed by atoms with Crippen LogP contribution in [0.3, 0.4) is 0 Å². The molecule has 3 nitrogen and oxygen atoms in total. The van der Waals surface area contributed by atoms with Crippen molar-refractivity contribution in [3.63, 3.8) is 0 Å². The van der Waals surface area contributed by atoms with Gasteiger partial charge in [0.05, 0.1) is 11.3 Å². The third-order valence-corrected chi connectivity index (χ3v) is 4.62. The molecular formula is C19H20O3S. The summed E-state index contributed by atoms with van der Waals surface area (Å²) in [4.78, 5) is 24.1. The molecule has 0 aliphatic rings. The van der Waals surface area contributed by atoms with Gasteiger partial charge in [0.2, 0.25) is 0 Å². The number of carbonyl (C=O) groups is 2. The molecule has 0 aliphatic heterocycles. The predicted octanol–water partition coefficient (Wildman–Crippen LogP) is 4.66. The topological polar surface area (TPSA) is 54.4 Å². The number of hydrogen-bond acceptors (Lipinski definition) is 3. The minimum absolute atomic E-state index is 0.00403. The van der Waals surface area contributed by atoms with Gasteiger partial charge in [0.1, 0.15) is 0 Å². The minimum Gasteiger partial charge on any atom is -0.478 e. The number of benzene rings is 2. The van der Waals surface area contributed by atoms with E-state index in [1.54, 1.807) is 24.3 Å². The van der Waals surface area contributed by atoms with Crippen molar-refractivity contribution in [3.05, 3.63) is 65.2 Å². The first kappa shape index (κ1) is 17.3. The van der Waals surface area contributed by atoms with Crippen LogP contribution >= 0.6 is 11.8 Å². The first-order valence-electron chi connectivity index (χ1n) is 7.38. The van der Waals surface area contributed by atoms with Gasteiger partial charge in [-0.1, -0.05) is 57.2 Å². The number of hydrogen-bond donors (Lipinski definition) is 1. The lowest BCUT2D eigenvalue weighted by molar-refractivity contribution is 0.0692. The van der Waals surface area contributed by atoms with Crippen molar-refractivity contribution in [2.45, 2.75) is 31.1 Å². The summed E-state index contributed by atoms with van der Waals surface area (Å²) in [5, 5.41) is 9.16. The molecule has 0 unspecified atom stereocenters.